The number of carbonyl (C=O) groups excluding carboxylic acids is 1. The van der Waals surface area contributed by atoms with E-state index in [-0.39, 0.29) is 24.4 Å². The number of carbonyl (C=O) groups is 1. The van der Waals surface area contributed by atoms with Crippen molar-refractivity contribution in [1.29, 1.82) is 0 Å². The molecule has 2 saturated heterocycles. The van der Waals surface area contributed by atoms with E-state index < -0.39 is 11.6 Å². The van der Waals surface area contributed by atoms with E-state index in [0.29, 0.717) is 17.9 Å². The van der Waals surface area contributed by atoms with Gasteiger partial charge in [0.15, 0.2) is 0 Å². The van der Waals surface area contributed by atoms with Crippen LogP contribution in [-0.2, 0) is 11.3 Å². The Kier molecular flexibility index (Phi) is 8.14. The smallest absolute Gasteiger partial charge is 0.228 e. The zero-order chi connectivity index (χ0) is 26.5. The van der Waals surface area contributed by atoms with E-state index in [1.54, 1.807) is 0 Å². The van der Waals surface area contributed by atoms with Crippen molar-refractivity contribution in [3.63, 3.8) is 0 Å². The summed E-state index contributed by atoms with van der Waals surface area (Å²) >= 11 is 0. The molecule has 5 rings (SSSR count). The Morgan fingerprint density at radius 3 is 2.63 bits per heavy atom. The van der Waals surface area contributed by atoms with Crippen LogP contribution >= 0.6 is 0 Å². The van der Waals surface area contributed by atoms with Gasteiger partial charge in [-0.15, -0.1) is 0 Å². The molecule has 1 amide bonds. The van der Waals surface area contributed by atoms with Crippen LogP contribution in [0.15, 0.2) is 54.7 Å². The fraction of sp³-hybridized carbons (Fsp3) is 0.379. The molecule has 0 saturated carbocycles. The van der Waals surface area contributed by atoms with E-state index in [0.717, 1.165) is 67.5 Å². The van der Waals surface area contributed by atoms with Crippen molar-refractivity contribution in [1.82, 2.24) is 15.2 Å². The van der Waals surface area contributed by atoms with Crippen LogP contribution in [0.1, 0.15) is 42.9 Å². The normalized spacial score (nSPS) is 19.8. The van der Waals surface area contributed by atoms with Crippen molar-refractivity contribution >= 4 is 28.8 Å². The Labute approximate surface area is 222 Å². The summed E-state index contributed by atoms with van der Waals surface area (Å²) in [5.41, 5.74) is 3.95. The number of benzene rings is 2. The van der Waals surface area contributed by atoms with E-state index in [4.69, 9.17) is 0 Å². The van der Waals surface area contributed by atoms with Gasteiger partial charge in [-0.05, 0) is 81.7 Å². The molecular formula is C29H34F2N6O. The van der Waals surface area contributed by atoms with Gasteiger partial charge in [-0.3, -0.25) is 9.69 Å². The Morgan fingerprint density at radius 2 is 1.89 bits per heavy atom. The summed E-state index contributed by atoms with van der Waals surface area (Å²) in [6.45, 7) is 2.95. The Morgan fingerprint density at radius 1 is 1.08 bits per heavy atom. The number of halogens is 2. The predicted octanol–water partition coefficient (Wildman–Crippen LogP) is 5.42. The van der Waals surface area contributed by atoms with E-state index in [1.165, 1.54) is 12.1 Å². The highest BCUT2D eigenvalue weighted by atomic mass is 19.1. The number of hydrogen-bond donors (Lipinski definition) is 4. The summed E-state index contributed by atoms with van der Waals surface area (Å²) in [5, 5.41) is 13.0. The van der Waals surface area contributed by atoms with Crippen LogP contribution in [0.2, 0.25) is 0 Å². The average molecular weight is 521 g/mol. The minimum atomic E-state index is -0.596. The molecule has 2 fully saturated rings. The second-order valence-corrected chi connectivity index (χ2v) is 10.2. The highest BCUT2D eigenvalue weighted by molar-refractivity contribution is 5.93. The summed E-state index contributed by atoms with van der Waals surface area (Å²) < 4.78 is 27.5. The van der Waals surface area contributed by atoms with Crippen molar-refractivity contribution in [2.24, 2.45) is 5.92 Å². The zero-order valence-electron chi connectivity index (χ0n) is 21.6. The first kappa shape index (κ1) is 26.1. The number of aromatic nitrogens is 1. The number of hydrogen-bond acceptors (Lipinski definition) is 6. The summed E-state index contributed by atoms with van der Waals surface area (Å²) in [6, 6.07) is 13.2. The molecular weight excluding hydrogens is 486 g/mol. The van der Waals surface area contributed by atoms with Crippen LogP contribution in [0.3, 0.4) is 0 Å². The minimum Gasteiger partial charge on any atom is -0.381 e. The number of likely N-dealkylation sites (tertiary alicyclic amines) is 1. The van der Waals surface area contributed by atoms with E-state index in [9.17, 15) is 13.6 Å². The fourth-order valence-electron chi connectivity index (χ4n) is 5.31. The summed E-state index contributed by atoms with van der Waals surface area (Å²) in [6.07, 6.45) is 5.88. The molecule has 0 radical (unpaired) electrons. The highest BCUT2D eigenvalue weighted by Crippen LogP contribution is 2.36. The topological polar surface area (TPSA) is 81.3 Å². The fourth-order valence-corrected chi connectivity index (χ4v) is 5.31. The number of rotatable bonds is 8. The lowest BCUT2D eigenvalue weighted by atomic mass is 9.99. The monoisotopic (exact) mass is 520 g/mol. The Bertz CT molecular complexity index is 1260. The molecule has 3 heterocycles. The van der Waals surface area contributed by atoms with Gasteiger partial charge in [0.05, 0.1) is 5.92 Å². The molecule has 4 N–H and O–H groups in total. The maximum absolute atomic E-state index is 13.7. The molecule has 0 bridgehead atoms. The van der Waals surface area contributed by atoms with Crippen LogP contribution in [0, 0.1) is 17.6 Å². The Balaban J connectivity index is 1.33. The van der Waals surface area contributed by atoms with E-state index in [2.05, 4.69) is 38.2 Å². The van der Waals surface area contributed by atoms with Gasteiger partial charge >= 0.3 is 0 Å². The summed E-state index contributed by atoms with van der Waals surface area (Å²) in [4.78, 5) is 19.6. The van der Waals surface area contributed by atoms with Gasteiger partial charge in [-0.2, -0.15) is 0 Å². The molecule has 1 unspecified atom stereocenters. The number of anilines is 4. The van der Waals surface area contributed by atoms with Gasteiger partial charge in [0.2, 0.25) is 5.91 Å². The van der Waals surface area contributed by atoms with Crippen molar-refractivity contribution in [3.05, 3.63) is 77.5 Å². The summed E-state index contributed by atoms with van der Waals surface area (Å²) in [5.74, 6) is -0.564. The molecule has 9 heteroatoms. The minimum absolute atomic E-state index is 0.0245. The second kappa shape index (κ2) is 11.9. The first-order valence-corrected chi connectivity index (χ1v) is 13.2. The van der Waals surface area contributed by atoms with Crippen LogP contribution in [0.5, 0.6) is 0 Å². The molecule has 7 nitrogen and oxygen atoms in total. The van der Waals surface area contributed by atoms with Crippen LogP contribution < -0.4 is 21.3 Å². The molecule has 38 heavy (non-hydrogen) atoms. The standard InChI is InChI=1S/C29H34F2N6O/c1-37-10-4-8-27(37)25-18-34-28(15-26(25)33-16-19-11-21(30)13-22(31)12-19)35-23-6-2-7-24(14-23)36-29(38)20-5-3-9-32-17-20/h2,6-7,11-15,18,20,27,32H,3-5,8-10,16-17H2,1H3,(H,36,38)(H2,33,34,35)/t20?,27-/m0/s1. The number of amides is 1. The first-order valence-electron chi connectivity index (χ1n) is 13.2. The number of nitrogens with zero attached hydrogens (tertiary/aromatic N) is 2. The van der Waals surface area contributed by atoms with Gasteiger partial charge in [0.25, 0.3) is 0 Å². The molecule has 1 aromatic heterocycles. The van der Waals surface area contributed by atoms with Gasteiger partial charge in [-0.1, -0.05) is 6.07 Å². The lowest BCUT2D eigenvalue weighted by Gasteiger charge is -2.23. The van der Waals surface area contributed by atoms with Crippen molar-refractivity contribution in [3.8, 4) is 0 Å². The molecule has 3 aromatic rings. The van der Waals surface area contributed by atoms with Gasteiger partial charge in [-0.25, -0.2) is 13.8 Å². The second-order valence-electron chi connectivity index (χ2n) is 10.2. The third kappa shape index (κ3) is 6.46. The largest absolute Gasteiger partial charge is 0.381 e. The van der Waals surface area contributed by atoms with Crippen LogP contribution in [-0.4, -0.2) is 42.5 Å². The molecule has 2 aliphatic heterocycles. The van der Waals surface area contributed by atoms with Gasteiger partial charge in [0, 0.05) is 60.1 Å². The van der Waals surface area contributed by atoms with Crippen molar-refractivity contribution in [2.75, 3.05) is 42.6 Å². The lowest BCUT2D eigenvalue weighted by Crippen LogP contribution is -2.37. The van der Waals surface area contributed by atoms with Crippen molar-refractivity contribution in [2.45, 2.75) is 38.3 Å². The molecule has 0 aliphatic carbocycles. The lowest BCUT2D eigenvalue weighted by molar-refractivity contribution is -0.120. The van der Waals surface area contributed by atoms with E-state index >= 15 is 0 Å². The molecule has 2 atom stereocenters. The van der Waals surface area contributed by atoms with Gasteiger partial charge in [0.1, 0.15) is 17.5 Å². The quantitative estimate of drug-likeness (QED) is 0.318. The number of pyridine rings is 1. The maximum Gasteiger partial charge on any atom is 0.228 e. The third-order valence-corrected chi connectivity index (χ3v) is 7.29. The maximum atomic E-state index is 13.7. The van der Waals surface area contributed by atoms with Gasteiger partial charge < -0.3 is 21.3 Å². The van der Waals surface area contributed by atoms with Crippen LogP contribution in [0.25, 0.3) is 0 Å². The summed E-state index contributed by atoms with van der Waals surface area (Å²) in [7, 11) is 2.10. The molecule has 2 aliphatic rings. The molecule has 200 valence electrons. The first-order chi connectivity index (χ1) is 18.4. The predicted molar refractivity (Wildman–Crippen MR) is 146 cm³/mol. The third-order valence-electron chi connectivity index (χ3n) is 7.29. The molecule has 2 aromatic carbocycles. The van der Waals surface area contributed by atoms with E-state index in [1.807, 2.05) is 36.5 Å². The Hall–Kier alpha value is -3.56. The highest BCUT2D eigenvalue weighted by Gasteiger charge is 2.26. The van der Waals surface area contributed by atoms with Crippen LogP contribution in [0.4, 0.5) is 31.7 Å². The average Bonchev–Trinajstić information content (AvgIpc) is 3.33. The molecule has 0 spiro atoms. The SMILES string of the molecule is CN1CCC[C@H]1c1cnc(Nc2cccc(NC(=O)C3CCCNC3)c2)cc1NCc1cc(F)cc(F)c1. The zero-order valence-corrected chi connectivity index (χ0v) is 21.6. The van der Waals surface area contributed by atoms with Crippen molar-refractivity contribution < 1.29 is 13.6 Å². The number of piperidine rings is 1. The number of nitrogens with one attached hydrogen (secondary N) is 4.